The Morgan fingerprint density at radius 2 is 1.81 bits per heavy atom. The number of nitrogens with one attached hydrogen (secondary N) is 2. The largest absolute Gasteiger partial charge is 0.437 e. The lowest BCUT2D eigenvalue weighted by Crippen LogP contribution is -2.41. The van der Waals surface area contributed by atoms with E-state index in [1.807, 2.05) is 30.8 Å². The van der Waals surface area contributed by atoms with Crippen molar-refractivity contribution < 1.29 is 22.7 Å². The van der Waals surface area contributed by atoms with E-state index in [1.165, 1.54) is 12.1 Å². The van der Waals surface area contributed by atoms with E-state index in [-0.39, 0.29) is 23.0 Å². The van der Waals surface area contributed by atoms with Gasteiger partial charge in [-0.3, -0.25) is 14.5 Å². The third-order valence-electron chi connectivity index (χ3n) is 8.07. The number of pyridine rings is 1. The number of ether oxygens (including phenoxy) is 1. The molecular weight excluding hydrogens is 627 g/mol. The molecule has 1 fully saturated rings. The molecule has 0 spiro atoms. The van der Waals surface area contributed by atoms with Gasteiger partial charge in [0, 0.05) is 73.0 Å². The molecule has 2 aromatic carbocycles. The van der Waals surface area contributed by atoms with E-state index in [1.54, 1.807) is 59.6 Å². The topological polar surface area (TPSA) is 97.2 Å². The number of aromatic nitrogens is 4. The summed E-state index contributed by atoms with van der Waals surface area (Å²) in [6.45, 7) is 4.90. The molecule has 1 amide bonds. The minimum atomic E-state index is -4.59. The number of hydrogen-bond acceptors (Lipinski definition) is 8. The number of alkyl halides is 3. The molecule has 1 aliphatic heterocycles. The summed E-state index contributed by atoms with van der Waals surface area (Å²) in [5, 5.41) is 2.65. The summed E-state index contributed by atoms with van der Waals surface area (Å²) in [6, 6.07) is 14.6. The first-order valence-corrected chi connectivity index (χ1v) is 16.3. The lowest BCUT2D eigenvalue weighted by Gasteiger charge is -2.35. The quantitative estimate of drug-likeness (QED) is 0.156. The van der Waals surface area contributed by atoms with Crippen molar-refractivity contribution in [2.45, 2.75) is 38.9 Å². The summed E-state index contributed by atoms with van der Waals surface area (Å²) in [5.74, 6) is 1.48. The number of carbonyl (C=O) groups excluding carboxylic acids is 1. The van der Waals surface area contributed by atoms with Gasteiger partial charge in [-0.25, -0.2) is 4.98 Å². The van der Waals surface area contributed by atoms with Gasteiger partial charge in [-0.05, 0) is 73.9 Å². The Morgan fingerprint density at radius 3 is 2.53 bits per heavy atom. The lowest BCUT2D eigenvalue weighted by molar-refractivity contribution is -0.137. The van der Waals surface area contributed by atoms with Crippen LogP contribution in [0.1, 0.15) is 41.3 Å². The second-order valence-electron chi connectivity index (χ2n) is 11.3. The van der Waals surface area contributed by atoms with Gasteiger partial charge in [-0.15, -0.1) is 0 Å². The van der Waals surface area contributed by atoms with Gasteiger partial charge in [-0.2, -0.15) is 18.2 Å². The Balaban J connectivity index is 1.24. The summed E-state index contributed by atoms with van der Waals surface area (Å²) < 4.78 is 54.3. The molecule has 0 aliphatic carbocycles. The molecule has 13 heteroatoms. The number of amides is 1. The lowest BCUT2D eigenvalue weighted by atomic mass is 10.0. The van der Waals surface area contributed by atoms with Crippen molar-refractivity contribution in [1.82, 2.24) is 24.2 Å². The summed E-state index contributed by atoms with van der Waals surface area (Å²) in [7, 11) is 1.85. The molecule has 244 valence electrons. The highest BCUT2D eigenvalue weighted by Crippen LogP contribution is 2.39. The van der Waals surface area contributed by atoms with Gasteiger partial charge in [0.25, 0.3) is 5.91 Å². The number of piperidine rings is 1. The van der Waals surface area contributed by atoms with E-state index < -0.39 is 17.6 Å². The molecule has 0 bridgehead atoms. The van der Waals surface area contributed by atoms with Crippen LogP contribution in [0.5, 0.6) is 11.6 Å². The number of halogens is 3. The minimum Gasteiger partial charge on any atom is -0.437 e. The van der Waals surface area contributed by atoms with Crippen LogP contribution in [-0.4, -0.2) is 50.3 Å². The van der Waals surface area contributed by atoms with Crippen LogP contribution in [0, 0.1) is 6.92 Å². The van der Waals surface area contributed by atoms with Crippen LogP contribution in [-0.2, 0) is 13.2 Å². The Labute approximate surface area is 274 Å². The second kappa shape index (κ2) is 13.6. The molecule has 5 aromatic rings. The van der Waals surface area contributed by atoms with Gasteiger partial charge >= 0.3 is 6.18 Å². The van der Waals surface area contributed by atoms with Gasteiger partial charge in [0.15, 0.2) is 5.82 Å². The van der Waals surface area contributed by atoms with Crippen molar-refractivity contribution >= 4 is 40.3 Å². The molecule has 1 aliphatic rings. The molecule has 9 nitrogen and oxygen atoms in total. The number of nitrogens with zero attached hydrogens (tertiary/aromatic N) is 5. The van der Waals surface area contributed by atoms with Crippen molar-refractivity contribution in [2.24, 2.45) is 7.05 Å². The van der Waals surface area contributed by atoms with Gasteiger partial charge < -0.3 is 19.5 Å². The summed E-state index contributed by atoms with van der Waals surface area (Å²) in [4.78, 5) is 28.5. The zero-order valence-electron chi connectivity index (χ0n) is 26.1. The molecule has 1 saturated heterocycles. The smallest absolute Gasteiger partial charge is 0.418 e. The molecular formula is C34H34F3N7O2S. The van der Waals surface area contributed by atoms with E-state index in [9.17, 15) is 18.0 Å². The normalized spacial score (nSPS) is 14.0. The molecule has 47 heavy (non-hydrogen) atoms. The van der Waals surface area contributed by atoms with Crippen molar-refractivity contribution in [3.05, 3.63) is 89.9 Å². The maximum Gasteiger partial charge on any atom is 0.418 e. The molecule has 6 rings (SSSR count). The third kappa shape index (κ3) is 7.20. The molecule has 3 aromatic heterocycles. The van der Waals surface area contributed by atoms with E-state index in [0.29, 0.717) is 41.6 Å². The number of fused-ring (bicyclic) bond motifs is 1. The first kappa shape index (κ1) is 32.3. The fourth-order valence-electron chi connectivity index (χ4n) is 5.57. The SMILES string of the molecule is CCSNC1CCN(c2ccc(NC(=O)c3ccc(C)c(Oc4nc(-c5ccncc5)nc5ccn(C)c45)c3)cc2C(F)(F)F)CC1. The second-order valence-corrected chi connectivity index (χ2v) is 12.4. The minimum absolute atomic E-state index is 0.0494. The number of hydrogen-bond donors (Lipinski definition) is 2. The van der Waals surface area contributed by atoms with Crippen molar-refractivity contribution in [1.29, 1.82) is 0 Å². The summed E-state index contributed by atoms with van der Waals surface area (Å²) in [5.41, 5.74) is 2.45. The van der Waals surface area contributed by atoms with Crippen LogP contribution >= 0.6 is 11.9 Å². The van der Waals surface area contributed by atoms with Gasteiger partial charge in [0.2, 0.25) is 5.88 Å². The van der Waals surface area contributed by atoms with Gasteiger partial charge in [-0.1, -0.05) is 24.9 Å². The number of benzene rings is 2. The van der Waals surface area contributed by atoms with Crippen LogP contribution < -0.4 is 19.7 Å². The van der Waals surface area contributed by atoms with Crippen LogP contribution in [0.4, 0.5) is 24.5 Å². The first-order valence-electron chi connectivity index (χ1n) is 15.3. The fourth-order valence-corrected chi connectivity index (χ4v) is 6.21. The van der Waals surface area contributed by atoms with Crippen molar-refractivity contribution in [3.8, 4) is 23.0 Å². The first-order chi connectivity index (χ1) is 22.6. The summed E-state index contributed by atoms with van der Waals surface area (Å²) in [6.07, 6.45) is 2.06. The molecule has 2 N–H and O–H groups in total. The predicted molar refractivity (Wildman–Crippen MR) is 179 cm³/mol. The third-order valence-corrected chi connectivity index (χ3v) is 8.86. The standard InChI is InChI=1S/C34H34F3N7O2S/c1-4-47-42-24-11-17-44(18-12-24)28-8-7-25(20-26(28)34(35,36)37)39-32(45)23-6-5-21(2)29(19-23)46-33-30-27(13-16-43(30)3)40-31(41-33)22-9-14-38-15-10-22/h5-10,13-16,19-20,24,42H,4,11-12,17-18H2,1-3H3,(H,39,45). The molecule has 0 saturated carbocycles. The van der Waals surface area contributed by atoms with Crippen molar-refractivity contribution in [2.75, 3.05) is 29.1 Å². The average molecular weight is 662 g/mol. The van der Waals surface area contributed by atoms with Crippen LogP contribution in [0.15, 0.2) is 73.2 Å². The Morgan fingerprint density at radius 1 is 1.04 bits per heavy atom. The van der Waals surface area contributed by atoms with Crippen LogP contribution in [0.2, 0.25) is 0 Å². The number of aryl methyl sites for hydroxylation is 2. The van der Waals surface area contributed by atoms with E-state index in [0.717, 1.165) is 35.8 Å². The number of rotatable bonds is 9. The highest BCUT2D eigenvalue weighted by molar-refractivity contribution is 7.97. The molecule has 0 radical (unpaired) electrons. The van der Waals surface area contributed by atoms with Crippen LogP contribution in [0.25, 0.3) is 22.4 Å². The molecule has 4 heterocycles. The maximum absolute atomic E-state index is 14.3. The average Bonchev–Trinajstić information content (AvgIpc) is 3.45. The molecule has 0 atom stereocenters. The van der Waals surface area contributed by atoms with Crippen molar-refractivity contribution in [3.63, 3.8) is 0 Å². The zero-order chi connectivity index (χ0) is 33.1. The Hall–Kier alpha value is -4.62. The predicted octanol–water partition coefficient (Wildman–Crippen LogP) is 7.63. The van der Waals surface area contributed by atoms with E-state index >= 15 is 0 Å². The monoisotopic (exact) mass is 661 g/mol. The zero-order valence-corrected chi connectivity index (χ0v) is 27.0. The van der Waals surface area contributed by atoms with E-state index in [4.69, 9.17) is 4.74 Å². The van der Waals surface area contributed by atoms with Gasteiger partial charge in [0.05, 0.1) is 11.1 Å². The molecule has 0 unspecified atom stereocenters. The number of anilines is 2. The van der Waals surface area contributed by atoms with Crippen LogP contribution in [0.3, 0.4) is 0 Å². The Kier molecular flexibility index (Phi) is 9.37. The summed E-state index contributed by atoms with van der Waals surface area (Å²) >= 11 is 1.62. The van der Waals surface area contributed by atoms with Gasteiger partial charge in [0.1, 0.15) is 11.3 Å². The highest BCUT2D eigenvalue weighted by Gasteiger charge is 2.36. The Bertz CT molecular complexity index is 1890. The van der Waals surface area contributed by atoms with E-state index in [2.05, 4.69) is 31.9 Å². The number of carbonyl (C=O) groups is 1. The highest BCUT2D eigenvalue weighted by atomic mass is 32.2. The maximum atomic E-state index is 14.3. The fraction of sp³-hybridized carbons (Fsp3) is 0.294.